The third-order valence-electron chi connectivity index (χ3n) is 6.64. The molecular formula is C22H31N2O4+. The predicted octanol–water partition coefficient (Wildman–Crippen LogP) is 1.27. The van der Waals surface area contributed by atoms with Crippen molar-refractivity contribution >= 4 is 5.91 Å². The molecule has 1 N–H and O–H groups in total. The molecule has 152 valence electrons. The molecule has 1 aliphatic heterocycles. The average Bonchev–Trinajstić information content (AvgIpc) is 3.36. The summed E-state index contributed by atoms with van der Waals surface area (Å²) in [5, 5.41) is 0. The van der Waals surface area contributed by atoms with Crippen LogP contribution in [0.2, 0.25) is 0 Å². The standard InChI is InChI=1S/C22H30N2O4/c1-26-19-12-17(13-20(27-2)21(19)28-3)22(25)24-8-6-23(7-9-24)14-18-11-15-4-5-16(18)10-15/h4-5,12-13,15-16,18H,6-11,14H2,1-3H3/p+1/t15-,16+,18+/m1/s1. The van der Waals surface area contributed by atoms with E-state index in [2.05, 4.69) is 12.2 Å². The number of hydrogen-bond donors (Lipinski definition) is 1. The van der Waals surface area contributed by atoms with Crippen molar-refractivity contribution in [2.45, 2.75) is 12.8 Å². The number of carbonyl (C=O) groups excluding carboxylic acids is 1. The van der Waals surface area contributed by atoms with Crippen molar-refractivity contribution < 1.29 is 23.9 Å². The van der Waals surface area contributed by atoms with Crippen LogP contribution in [-0.2, 0) is 0 Å². The van der Waals surface area contributed by atoms with E-state index in [0.717, 1.165) is 43.9 Å². The van der Waals surface area contributed by atoms with Gasteiger partial charge in [0.1, 0.15) is 0 Å². The Labute approximate surface area is 167 Å². The maximum absolute atomic E-state index is 13.0. The van der Waals surface area contributed by atoms with Gasteiger partial charge in [-0.15, -0.1) is 0 Å². The van der Waals surface area contributed by atoms with Gasteiger partial charge in [0, 0.05) is 11.5 Å². The van der Waals surface area contributed by atoms with Crippen molar-refractivity contribution in [1.82, 2.24) is 4.90 Å². The fourth-order valence-corrected chi connectivity index (χ4v) is 5.12. The number of benzene rings is 1. The fraction of sp³-hybridized carbons (Fsp3) is 0.591. The Morgan fingerprint density at radius 3 is 2.21 bits per heavy atom. The molecule has 1 saturated heterocycles. The highest BCUT2D eigenvalue weighted by molar-refractivity contribution is 5.95. The quantitative estimate of drug-likeness (QED) is 0.747. The number of ether oxygens (including phenoxy) is 3. The molecule has 2 fully saturated rings. The molecule has 0 spiro atoms. The zero-order valence-corrected chi connectivity index (χ0v) is 17.1. The van der Waals surface area contributed by atoms with Crippen LogP contribution in [-0.4, -0.2) is 64.9 Å². The van der Waals surface area contributed by atoms with Crippen LogP contribution in [0.3, 0.4) is 0 Å². The Bertz CT molecular complexity index is 730. The third-order valence-corrected chi connectivity index (χ3v) is 6.64. The van der Waals surface area contributed by atoms with Gasteiger partial charge in [-0.2, -0.15) is 0 Å². The molecule has 0 aromatic heterocycles. The van der Waals surface area contributed by atoms with Crippen LogP contribution in [0.4, 0.5) is 0 Å². The lowest BCUT2D eigenvalue weighted by Gasteiger charge is -2.34. The second-order valence-corrected chi connectivity index (χ2v) is 8.20. The number of fused-ring (bicyclic) bond motifs is 2. The smallest absolute Gasteiger partial charge is 0.254 e. The Kier molecular flexibility index (Phi) is 5.49. The molecule has 0 radical (unpaired) electrons. The second-order valence-electron chi connectivity index (χ2n) is 8.20. The molecule has 2 aliphatic carbocycles. The summed E-state index contributed by atoms with van der Waals surface area (Å²) < 4.78 is 16.1. The van der Waals surface area contributed by atoms with Gasteiger partial charge in [0.05, 0.1) is 54.1 Å². The normalized spacial score (nSPS) is 26.5. The molecule has 1 aromatic carbocycles. The molecule has 1 amide bonds. The summed E-state index contributed by atoms with van der Waals surface area (Å²) in [6, 6.07) is 3.48. The van der Waals surface area contributed by atoms with E-state index in [1.165, 1.54) is 19.4 Å². The molecule has 3 aliphatic rings. The van der Waals surface area contributed by atoms with Crippen molar-refractivity contribution in [1.29, 1.82) is 0 Å². The number of rotatable bonds is 6. The lowest BCUT2D eigenvalue weighted by molar-refractivity contribution is -0.907. The highest BCUT2D eigenvalue weighted by Gasteiger charge is 2.38. The Morgan fingerprint density at radius 1 is 1.04 bits per heavy atom. The zero-order valence-electron chi connectivity index (χ0n) is 17.1. The van der Waals surface area contributed by atoms with Gasteiger partial charge in [0.25, 0.3) is 5.91 Å². The van der Waals surface area contributed by atoms with E-state index >= 15 is 0 Å². The van der Waals surface area contributed by atoms with Gasteiger partial charge in [0.2, 0.25) is 5.75 Å². The molecule has 6 nitrogen and oxygen atoms in total. The van der Waals surface area contributed by atoms with E-state index < -0.39 is 0 Å². The summed E-state index contributed by atoms with van der Waals surface area (Å²) in [5.74, 6) is 4.03. The van der Waals surface area contributed by atoms with E-state index in [4.69, 9.17) is 14.2 Å². The number of carbonyl (C=O) groups is 1. The molecule has 1 saturated carbocycles. The first-order valence-corrected chi connectivity index (χ1v) is 10.2. The van der Waals surface area contributed by atoms with Crippen LogP contribution < -0.4 is 19.1 Å². The summed E-state index contributed by atoms with van der Waals surface area (Å²) in [4.78, 5) is 16.6. The van der Waals surface area contributed by atoms with Crippen molar-refractivity contribution in [3.8, 4) is 17.2 Å². The SMILES string of the molecule is COc1cc(C(=O)N2CC[NH+](C[C@@H]3C[C@@H]4C=C[C@H]3C4)CC2)cc(OC)c1OC. The number of amides is 1. The number of hydrogen-bond acceptors (Lipinski definition) is 4. The van der Waals surface area contributed by atoms with Gasteiger partial charge in [-0.3, -0.25) is 4.79 Å². The molecule has 28 heavy (non-hydrogen) atoms. The summed E-state index contributed by atoms with van der Waals surface area (Å²) in [7, 11) is 4.70. The van der Waals surface area contributed by atoms with Crippen LogP contribution in [0.5, 0.6) is 17.2 Å². The molecule has 0 unspecified atom stereocenters. The van der Waals surface area contributed by atoms with Crippen molar-refractivity contribution in [3.63, 3.8) is 0 Å². The maximum Gasteiger partial charge on any atom is 0.254 e. The second kappa shape index (κ2) is 8.03. The zero-order chi connectivity index (χ0) is 19.7. The van der Waals surface area contributed by atoms with E-state index in [1.54, 1.807) is 38.4 Å². The van der Waals surface area contributed by atoms with Crippen LogP contribution in [0, 0.1) is 17.8 Å². The molecule has 4 rings (SSSR count). The van der Waals surface area contributed by atoms with Crippen molar-refractivity contribution in [3.05, 3.63) is 29.8 Å². The maximum atomic E-state index is 13.0. The molecule has 1 heterocycles. The Balaban J connectivity index is 1.38. The monoisotopic (exact) mass is 387 g/mol. The minimum absolute atomic E-state index is 0.0289. The number of nitrogens with one attached hydrogen (secondary N) is 1. The highest BCUT2D eigenvalue weighted by atomic mass is 16.5. The van der Waals surface area contributed by atoms with Crippen LogP contribution >= 0.6 is 0 Å². The Morgan fingerprint density at radius 2 is 1.71 bits per heavy atom. The minimum Gasteiger partial charge on any atom is -0.493 e. The van der Waals surface area contributed by atoms with Crippen LogP contribution in [0.15, 0.2) is 24.3 Å². The van der Waals surface area contributed by atoms with Gasteiger partial charge >= 0.3 is 0 Å². The predicted molar refractivity (Wildman–Crippen MR) is 106 cm³/mol. The van der Waals surface area contributed by atoms with E-state index in [9.17, 15) is 4.79 Å². The number of allylic oxidation sites excluding steroid dienone is 2. The Hall–Kier alpha value is -2.21. The van der Waals surface area contributed by atoms with Gasteiger partial charge in [-0.25, -0.2) is 0 Å². The first-order chi connectivity index (χ1) is 13.6. The molecular weight excluding hydrogens is 356 g/mol. The highest BCUT2D eigenvalue weighted by Crippen LogP contribution is 2.42. The van der Waals surface area contributed by atoms with Crippen LogP contribution in [0.25, 0.3) is 0 Å². The number of methoxy groups -OCH3 is 3. The largest absolute Gasteiger partial charge is 0.493 e. The lowest BCUT2D eigenvalue weighted by atomic mass is 9.93. The number of quaternary nitrogens is 1. The summed E-state index contributed by atoms with van der Waals surface area (Å²) in [5.41, 5.74) is 0.580. The molecule has 2 bridgehead atoms. The first kappa shape index (κ1) is 19.1. The molecule has 6 heteroatoms. The third kappa shape index (κ3) is 3.58. The topological polar surface area (TPSA) is 52.4 Å². The molecule has 1 aromatic rings. The van der Waals surface area contributed by atoms with Gasteiger partial charge in [0.15, 0.2) is 11.5 Å². The molecule has 3 atom stereocenters. The van der Waals surface area contributed by atoms with E-state index in [-0.39, 0.29) is 5.91 Å². The summed E-state index contributed by atoms with van der Waals surface area (Å²) >= 11 is 0. The van der Waals surface area contributed by atoms with Gasteiger partial charge in [-0.1, -0.05) is 12.2 Å². The van der Waals surface area contributed by atoms with Gasteiger partial charge in [-0.05, 0) is 36.8 Å². The minimum atomic E-state index is 0.0289. The average molecular weight is 388 g/mol. The fourth-order valence-electron chi connectivity index (χ4n) is 5.12. The van der Waals surface area contributed by atoms with Gasteiger partial charge < -0.3 is 24.0 Å². The number of nitrogens with zero attached hydrogens (tertiary/aromatic N) is 1. The van der Waals surface area contributed by atoms with Crippen molar-refractivity contribution in [2.24, 2.45) is 17.8 Å². The lowest BCUT2D eigenvalue weighted by Crippen LogP contribution is -3.15. The first-order valence-electron chi connectivity index (χ1n) is 10.2. The van der Waals surface area contributed by atoms with Crippen LogP contribution in [0.1, 0.15) is 23.2 Å². The number of piperazine rings is 1. The van der Waals surface area contributed by atoms with Crippen molar-refractivity contribution in [2.75, 3.05) is 54.1 Å². The summed E-state index contributed by atoms with van der Waals surface area (Å²) in [6.45, 7) is 4.88. The van der Waals surface area contributed by atoms with E-state index in [1.807, 2.05) is 4.90 Å². The van der Waals surface area contributed by atoms with E-state index in [0.29, 0.717) is 22.8 Å². The summed E-state index contributed by atoms with van der Waals surface area (Å²) in [6.07, 6.45) is 7.56.